The summed E-state index contributed by atoms with van der Waals surface area (Å²) in [6, 6.07) is 3.51. The van der Waals surface area contributed by atoms with Crippen LogP contribution in [0.25, 0.3) is 0 Å². The zero-order valence-electron chi connectivity index (χ0n) is 11.7. The van der Waals surface area contributed by atoms with Gasteiger partial charge in [-0.1, -0.05) is 17.7 Å². The molecule has 1 aromatic carbocycles. The maximum absolute atomic E-state index is 12.0. The minimum atomic E-state index is -1.22. The van der Waals surface area contributed by atoms with Gasteiger partial charge in [-0.15, -0.1) is 0 Å². The first-order valence-corrected chi connectivity index (χ1v) is 6.59. The minimum absolute atomic E-state index is 0.0483. The largest absolute Gasteiger partial charge is 0.480 e. The number of aliphatic carboxylic acids is 1. The highest BCUT2D eigenvalue weighted by Gasteiger charge is 2.22. The zero-order valence-corrected chi connectivity index (χ0v) is 12.4. The quantitative estimate of drug-likeness (QED) is 0.781. The van der Waals surface area contributed by atoms with Gasteiger partial charge in [-0.2, -0.15) is 0 Å². The predicted molar refractivity (Wildman–Crippen MR) is 76.3 cm³/mol. The number of carboxylic acids is 1. The van der Waals surface area contributed by atoms with Crippen molar-refractivity contribution in [3.8, 4) is 0 Å². The van der Waals surface area contributed by atoms with E-state index in [9.17, 15) is 14.4 Å². The molecule has 0 aliphatic rings. The molecule has 7 heteroatoms. The van der Waals surface area contributed by atoms with E-state index < -0.39 is 23.9 Å². The highest BCUT2D eigenvalue weighted by atomic mass is 35.5. The smallest absolute Gasteiger partial charge is 0.326 e. The number of benzene rings is 1. The van der Waals surface area contributed by atoms with E-state index in [-0.39, 0.29) is 18.4 Å². The summed E-state index contributed by atoms with van der Waals surface area (Å²) in [5.74, 6) is -2.31. The van der Waals surface area contributed by atoms with Crippen molar-refractivity contribution < 1.29 is 24.2 Å². The maximum atomic E-state index is 12.0. The number of ether oxygens (including phenoxy) is 1. The first-order valence-electron chi connectivity index (χ1n) is 6.21. The molecule has 1 rings (SSSR count). The van der Waals surface area contributed by atoms with E-state index in [1.165, 1.54) is 13.2 Å². The molecule has 0 aliphatic carbocycles. The van der Waals surface area contributed by atoms with E-state index in [1.54, 1.807) is 19.1 Å². The Labute approximate surface area is 127 Å². The number of amides is 1. The van der Waals surface area contributed by atoms with Gasteiger partial charge in [-0.25, -0.2) is 4.79 Å². The van der Waals surface area contributed by atoms with Crippen molar-refractivity contribution in [2.45, 2.75) is 25.8 Å². The predicted octanol–water partition coefficient (Wildman–Crippen LogP) is 1.78. The topological polar surface area (TPSA) is 92.7 Å². The van der Waals surface area contributed by atoms with Gasteiger partial charge in [0, 0.05) is 17.0 Å². The average molecular weight is 314 g/mol. The number of hydrogen-bond donors (Lipinski definition) is 2. The summed E-state index contributed by atoms with van der Waals surface area (Å²) in [4.78, 5) is 34.1. The second kappa shape index (κ2) is 7.64. The average Bonchev–Trinajstić information content (AvgIpc) is 2.45. The Kier molecular flexibility index (Phi) is 6.17. The van der Waals surface area contributed by atoms with Crippen LogP contribution in [0.2, 0.25) is 5.02 Å². The molecule has 1 atom stereocenters. The molecule has 1 amide bonds. The highest BCUT2D eigenvalue weighted by Crippen LogP contribution is 2.16. The second-order valence-corrected chi connectivity index (χ2v) is 4.85. The number of methoxy groups -OCH3 is 1. The lowest BCUT2D eigenvalue weighted by Gasteiger charge is -2.14. The normalized spacial score (nSPS) is 11.6. The number of aryl methyl sites for hydroxylation is 1. The van der Waals surface area contributed by atoms with Crippen LogP contribution in [0.1, 0.15) is 28.8 Å². The van der Waals surface area contributed by atoms with Crippen LogP contribution in [0.5, 0.6) is 0 Å². The maximum Gasteiger partial charge on any atom is 0.326 e. The van der Waals surface area contributed by atoms with Gasteiger partial charge in [0.25, 0.3) is 5.91 Å². The number of nitrogens with one attached hydrogen (secondary N) is 1. The molecule has 0 heterocycles. The lowest BCUT2D eigenvalue weighted by Crippen LogP contribution is -2.41. The van der Waals surface area contributed by atoms with Crippen molar-refractivity contribution in [2.75, 3.05) is 7.11 Å². The van der Waals surface area contributed by atoms with Crippen molar-refractivity contribution in [3.63, 3.8) is 0 Å². The number of halogens is 1. The van der Waals surface area contributed by atoms with Crippen molar-refractivity contribution in [2.24, 2.45) is 0 Å². The van der Waals surface area contributed by atoms with Crippen LogP contribution in [0.3, 0.4) is 0 Å². The van der Waals surface area contributed by atoms with Gasteiger partial charge in [0.15, 0.2) is 0 Å². The molecule has 0 saturated carbocycles. The van der Waals surface area contributed by atoms with E-state index in [1.807, 2.05) is 0 Å². The molecule has 2 N–H and O–H groups in total. The first kappa shape index (κ1) is 17.0. The van der Waals surface area contributed by atoms with Gasteiger partial charge < -0.3 is 15.2 Å². The third kappa shape index (κ3) is 5.07. The molecule has 0 saturated heterocycles. The monoisotopic (exact) mass is 313 g/mol. The Balaban J connectivity index is 2.74. The first-order chi connectivity index (χ1) is 9.85. The van der Waals surface area contributed by atoms with E-state index in [0.717, 1.165) is 5.56 Å². The van der Waals surface area contributed by atoms with Crippen LogP contribution in [-0.2, 0) is 14.3 Å². The number of rotatable bonds is 6. The molecule has 0 bridgehead atoms. The van der Waals surface area contributed by atoms with Crippen LogP contribution >= 0.6 is 11.6 Å². The molecule has 0 fully saturated rings. The van der Waals surface area contributed by atoms with E-state index in [0.29, 0.717) is 5.02 Å². The molecule has 0 radical (unpaired) electrons. The summed E-state index contributed by atoms with van der Waals surface area (Å²) in [7, 11) is 1.21. The number of carboxylic acid groups (broad SMARTS) is 1. The van der Waals surface area contributed by atoms with E-state index in [4.69, 9.17) is 16.7 Å². The summed E-state index contributed by atoms with van der Waals surface area (Å²) in [6.07, 6.45) is -0.143. The van der Waals surface area contributed by atoms with Gasteiger partial charge in [0.2, 0.25) is 0 Å². The third-order valence-electron chi connectivity index (χ3n) is 2.90. The molecule has 0 aromatic heterocycles. The molecular formula is C14H16ClNO5. The van der Waals surface area contributed by atoms with Crippen LogP contribution in [0.4, 0.5) is 0 Å². The SMILES string of the molecule is COC(=O)CCC(NC(=O)c1ccc(C)c(Cl)c1)C(=O)O. The molecular weight excluding hydrogens is 298 g/mol. The zero-order chi connectivity index (χ0) is 16.0. The Morgan fingerprint density at radius 1 is 1.38 bits per heavy atom. The lowest BCUT2D eigenvalue weighted by atomic mass is 10.1. The summed E-state index contributed by atoms with van der Waals surface area (Å²) in [5, 5.41) is 11.8. The molecule has 1 aromatic rings. The molecule has 6 nitrogen and oxygen atoms in total. The third-order valence-corrected chi connectivity index (χ3v) is 3.31. The Bertz CT molecular complexity index is 558. The summed E-state index contributed by atoms with van der Waals surface area (Å²) >= 11 is 5.92. The molecule has 0 aliphatic heterocycles. The summed E-state index contributed by atoms with van der Waals surface area (Å²) < 4.78 is 4.44. The van der Waals surface area contributed by atoms with Crippen molar-refractivity contribution in [1.82, 2.24) is 5.32 Å². The summed E-state index contributed by atoms with van der Waals surface area (Å²) in [5.41, 5.74) is 1.07. The van der Waals surface area contributed by atoms with Crippen molar-refractivity contribution in [1.29, 1.82) is 0 Å². The van der Waals surface area contributed by atoms with Crippen LogP contribution in [0, 0.1) is 6.92 Å². The van der Waals surface area contributed by atoms with Crippen LogP contribution in [0.15, 0.2) is 18.2 Å². The van der Waals surface area contributed by atoms with Gasteiger partial charge >= 0.3 is 11.9 Å². The van der Waals surface area contributed by atoms with Crippen LogP contribution < -0.4 is 5.32 Å². The number of carbonyl (C=O) groups excluding carboxylic acids is 2. The van der Waals surface area contributed by atoms with Gasteiger partial charge in [-0.05, 0) is 31.0 Å². The van der Waals surface area contributed by atoms with Gasteiger partial charge in [0.1, 0.15) is 6.04 Å². The fraction of sp³-hybridized carbons (Fsp3) is 0.357. The number of carbonyl (C=O) groups is 3. The molecule has 0 spiro atoms. The van der Waals surface area contributed by atoms with Gasteiger partial charge in [0.05, 0.1) is 7.11 Å². The van der Waals surface area contributed by atoms with Crippen molar-refractivity contribution >= 4 is 29.4 Å². The molecule has 1 unspecified atom stereocenters. The fourth-order valence-corrected chi connectivity index (χ4v) is 1.78. The fourth-order valence-electron chi connectivity index (χ4n) is 1.60. The van der Waals surface area contributed by atoms with Gasteiger partial charge in [-0.3, -0.25) is 9.59 Å². The Morgan fingerprint density at radius 2 is 2.05 bits per heavy atom. The Hall–Kier alpha value is -2.08. The minimum Gasteiger partial charge on any atom is -0.480 e. The van der Waals surface area contributed by atoms with E-state index in [2.05, 4.69) is 10.1 Å². The van der Waals surface area contributed by atoms with Crippen molar-refractivity contribution in [3.05, 3.63) is 34.3 Å². The molecule has 21 heavy (non-hydrogen) atoms. The number of esters is 1. The summed E-state index contributed by atoms with van der Waals surface area (Å²) in [6.45, 7) is 1.79. The second-order valence-electron chi connectivity index (χ2n) is 4.44. The Morgan fingerprint density at radius 3 is 2.57 bits per heavy atom. The van der Waals surface area contributed by atoms with Crippen LogP contribution in [-0.4, -0.2) is 36.1 Å². The number of hydrogen-bond acceptors (Lipinski definition) is 4. The highest BCUT2D eigenvalue weighted by molar-refractivity contribution is 6.31. The lowest BCUT2D eigenvalue weighted by molar-refractivity contribution is -0.142. The standard InChI is InChI=1S/C14H16ClNO5/c1-8-3-4-9(7-10(8)15)13(18)16-11(14(19)20)5-6-12(17)21-2/h3-4,7,11H,5-6H2,1-2H3,(H,16,18)(H,19,20). The van der Waals surface area contributed by atoms with E-state index >= 15 is 0 Å². The molecule has 114 valence electrons.